The van der Waals surface area contributed by atoms with Gasteiger partial charge in [-0.25, -0.2) is 0 Å². The lowest BCUT2D eigenvalue weighted by Crippen LogP contribution is -2.41. The largest absolute Gasteiger partial charge is 0.417 e. The first-order chi connectivity index (χ1) is 12.2. The molecule has 2 nitrogen and oxygen atoms in total. The summed E-state index contributed by atoms with van der Waals surface area (Å²) < 4.78 is 6.33. The van der Waals surface area contributed by atoms with E-state index in [-0.39, 0.29) is 15.9 Å². The van der Waals surface area contributed by atoms with E-state index in [1.54, 1.807) is 0 Å². The van der Waals surface area contributed by atoms with E-state index in [0.717, 1.165) is 25.0 Å². The second-order valence-electron chi connectivity index (χ2n) is 11.1. The van der Waals surface area contributed by atoms with Gasteiger partial charge in [-0.15, -0.1) is 0 Å². The van der Waals surface area contributed by atoms with E-state index in [9.17, 15) is 5.26 Å². The molecule has 150 valence electrons. The van der Waals surface area contributed by atoms with Crippen LogP contribution in [0.25, 0.3) is 0 Å². The number of rotatable bonds is 5. The summed E-state index contributed by atoms with van der Waals surface area (Å²) in [5.41, 5.74) is 5.20. The highest BCUT2D eigenvalue weighted by Crippen LogP contribution is 2.46. The number of hydrogen-bond donors (Lipinski definition) is 0. The average molecular weight is 386 g/mol. The molecule has 0 amide bonds. The Balaban J connectivity index is 2.20. The normalized spacial score (nSPS) is 18.7. The van der Waals surface area contributed by atoms with Gasteiger partial charge in [-0.05, 0) is 77.4 Å². The lowest BCUT2D eigenvalue weighted by atomic mass is 9.62. The van der Waals surface area contributed by atoms with Gasteiger partial charge in [0, 0.05) is 6.61 Å². The molecule has 0 fully saturated rings. The van der Waals surface area contributed by atoms with Crippen LogP contribution in [0.3, 0.4) is 0 Å². The number of fused-ring (bicyclic) bond motifs is 1. The van der Waals surface area contributed by atoms with Crippen LogP contribution in [0.1, 0.15) is 90.0 Å². The van der Waals surface area contributed by atoms with Crippen molar-refractivity contribution >= 4 is 8.32 Å². The molecular weight excluding hydrogens is 346 g/mol. The predicted molar refractivity (Wildman–Crippen MR) is 118 cm³/mol. The molecule has 0 spiro atoms. The molecule has 0 atom stereocenters. The number of benzene rings is 1. The molecule has 0 bridgehead atoms. The smallest absolute Gasteiger partial charge is 0.191 e. The highest BCUT2D eigenvalue weighted by atomic mass is 28.4. The fraction of sp³-hybridized carbons (Fsp3) is 0.708. The molecule has 27 heavy (non-hydrogen) atoms. The van der Waals surface area contributed by atoms with Crippen LogP contribution in [-0.2, 0) is 21.7 Å². The third-order valence-electron chi connectivity index (χ3n) is 7.06. The van der Waals surface area contributed by atoms with Crippen LogP contribution in [0.15, 0.2) is 12.1 Å². The zero-order chi connectivity index (χ0) is 20.7. The van der Waals surface area contributed by atoms with Gasteiger partial charge < -0.3 is 4.43 Å². The zero-order valence-electron chi connectivity index (χ0n) is 19.0. The molecule has 0 aliphatic heterocycles. The highest BCUT2D eigenvalue weighted by Gasteiger charge is 2.38. The van der Waals surface area contributed by atoms with Crippen molar-refractivity contribution < 1.29 is 4.43 Å². The summed E-state index contributed by atoms with van der Waals surface area (Å²) in [5, 5.41) is 9.98. The van der Waals surface area contributed by atoms with Crippen LogP contribution in [0.4, 0.5) is 0 Å². The predicted octanol–water partition coefficient (Wildman–Crippen LogP) is 6.86. The average Bonchev–Trinajstić information content (AvgIpc) is 2.54. The lowest BCUT2D eigenvalue weighted by Gasteiger charge is -2.42. The second kappa shape index (κ2) is 7.37. The summed E-state index contributed by atoms with van der Waals surface area (Å²) in [5.74, 6) is 0. The minimum Gasteiger partial charge on any atom is -0.417 e. The van der Waals surface area contributed by atoms with Gasteiger partial charge in [0.1, 0.15) is 0 Å². The summed E-state index contributed by atoms with van der Waals surface area (Å²) in [6, 6.07) is 6.98. The molecule has 2 rings (SSSR count). The molecule has 1 aromatic rings. The molecule has 0 heterocycles. The van der Waals surface area contributed by atoms with Crippen molar-refractivity contribution in [3.05, 3.63) is 34.4 Å². The molecule has 3 heteroatoms. The van der Waals surface area contributed by atoms with Crippen molar-refractivity contribution in [2.45, 2.75) is 103 Å². The first-order valence-corrected chi connectivity index (χ1v) is 13.3. The molecule has 1 aliphatic carbocycles. The van der Waals surface area contributed by atoms with Crippen LogP contribution >= 0.6 is 0 Å². The van der Waals surface area contributed by atoms with E-state index in [1.807, 2.05) is 0 Å². The Bertz CT molecular complexity index is 732. The number of nitriles is 1. The molecule has 0 saturated heterocycles. The maximum absolute atomic E-state index is 9.74. The van der Waals surface area contributed by atoms with Crippen molar-refractivity contribution in [2.75, 3.05) is 6.61 Å². The van der Waals surface area contributed by atoms with Crippen molar-refractivity contribution in [1.29, 1.82) is 5.26 Å². The van der Waals surface area contributed by atoms with Gasteiger partial charge >= 0.3 is 0 Å². The second-order valence-corrected chi connectivity index (χ2v) is 16.0. The van der Waals surface area contributed by atoms with Gasteiger partial charge in [0.05, 0.1) is 11.6 Å². The first kappa shape index (κ1) is 22.2. The Kier molecular flexibility index (Phi) is 6.06. The topological polar surface area (TPSA) is 33.0 Å². The minimum absolute atomic E-state index is 0.153. The Morgan fingerprint density at radius 3 is 2.04 bits per heavy atom. The van der Waals surface area contributed by atoms with Crippen LogP contribution in [-0.4, -0.2) is 14.9 Å². The minimum atomic E-state index is -1.70. The Hall–Kier alpha value is -1.11. The van der Waals surface area contributed by atoms with E-state index in [0.29, 0.717) is 0 Å². The van der Waals surface area contributed by atoms with Crippen LogP contribution in [0.5, 0.6) is 0 Å². The van der Waals surface area contributed by atoms with Gasteiger partial charge in [-0.3, -0.25) is 0 Å². The van der Waals surface area contributed by atoms with Gasteiger partial charge in [0.25, 0.3) is 0 Å². The van der Waals surface area contributed by atoms with Crippen molar-refractivity contribution in [2.24, 2.45) is 0 Å². The monoisotopic (exact) mass is 385 g/mol. The summed E-state index contributed by atoms with van der Waals surface area (Å²) in [6.07, 6.45) is 4.27. The van der Waals surface area contributed by atoms with Crippen molar-refractivity contribution in [3.63, 3.8) is 0 Å². The Morgan fingerprint density at radius 2 is 1.56 bits per heavy atom. The molecule has 0 N–H and O–H groups in total. The van der Waals surface area contributed by atoms with Crippen molar-refractivity contribution in [3.8, 4) is 6.07 Å². The van der Waals surface area contributed by atoms with Crippen molar-refractivity contribution in [1.82, 2.24) is 0 Å². The van der Waals surface area contributed by atoms with Crippen LogP contribution < -0.4 is 0 Å². The third-order valence-corrected chi connectivity index (χ3v) is 11.6. The van der Waals surface area contributed by atoms with E-state index < -0.39 is 8.32 Å². The Morgan fingerprint density at radius 1 is 1.04 bits per heavy atom. The van der Waals surface area contributed by atoms with E-state index >= 15 is 0 Å². The fourth-order valence-corrected chi connectivity index (χ4v) is 4.86. The maximum atomic E-state index is 9.74. The zero-order valence-corrected chi connectivity index (χ0v) is 20.0. The molecule has 1 aliphatic rings. The summed E-state index contributed by atoms with van der Waals surface area (Å²) in [4.78, 5) is 0. The number of nitrogens with zero attached hydrogens (tertiary/aromatic N) is 1. The SMILES string of the molecule is CC1(C)CCC(C)(C)c2cc(CCCO[Si](C)(C)C(C)(C)C)c(C#N)cc21. The molecular formula is C24H39NOSi. The van der Waals surface area contributed by atoms with Gasteiger partial charge in [0.15, 0.2) is 8.32 Å². The van der Waals surface area contributed by atoms with Crippen LogP contribution in [0, 0.1) is 11.3 Å². The third kappa shape index (κ3) is 4.66. The van der Waals surface area contributed by atoms with Gasteiger partial charge in [-0.2, -0.15) is 5.26 Å². The summed E-state index contributed by atoms with van der Waals surface area (Å²) in [7, 11) is -1.70. The van der Waals surface area contributed by atoms with Gasteiger partial charge in [0.2, 0.25) is 0 Å². The quantitative estimate of drug-likeness (QED) is 0.409. The number of aryl methyl sites for hydroxylation is 1. The molecule has 0 radical (unpaired) electrons. The first-order valence-electron chi connectivity index (χ1n) is 10.4. The molecule has 0 saturated carbocycles. The maximum Gasteiger partial charge on any atom is 0.191 e. The van der Waals surface area contributed by atoms with Crippen LogP contribution in [0.2, 0.25) is 18.1 Å². The summed E-state index contributed by atoms with van der Waals surface area (Å²) in [6.45, 7) is 21.5. The van der Waals surface area contributed by atoms with E-state index in [4.69, 9.17) is 4.43 Å². The van der Waals surface area contributed by atoms with E-state index in [1.165, 1.54) is 29.5 Å². The molecule has 1 aromatic carbocycles. The lowest BCUT2D eigenvalue weighted by molar-refractivity contribution is 0.282. The molecule has 0 unspecified atom stereocenters. The summed E-state index contributed by atoms with van der Waals surface area (Å²) >= 11 is 0. The molecule has 0 aromatic heterocycles. The number of hydrogen-bond acceptors (Lipinski definition) is 2. The standard InChI is InChI=1S/C24H39NOSi/c1-22(2,3)27(8,9)26-14-10-11-18-15-20-21(16-19(18)17-25)24(6,7)13-12-23(20,4)5/h15-16H,10-14H2,1-9H3. The fourth-order valence-electron chi connectivity index (χ4n) is 3.78. The Labute approximate surface area is 168 Å². The van der Waals surface area contributed by atoms with E-state index in [2.05, 4.69) is 79.8 Å². The van der Waals surface area contributed by atoms with Gasteiger partial charge in [-0.1, -0.05) is 54.5 Å². The highest BCUT2D eigenvalue weighted by molar-refractivity contribution is 6.74.